The summed E-state index contributed by atoms with van der Waals surface area (Å²) in [5, 5.41) is 7.89. The predicted molar refractivity (Wildman–Crippen MR) is 72.9 cm³/mol. The largest absolute Gasteiger partial charge is 0.382 e. The van der Waals surface area contributed by atoms with E-state index in [0.29, 0.717) is 17.5 Å². The number of halogens is 1. The van der Waals surface area contributed by atoms with Gasteiger partial charge in [-0.3, -0.25) is 5.26 Å². The van der Waals surface area contributed by atoms with Crippen molar-refractivity contribution < 1.29 is 22.7 Å². The molecule has 1 aromatic carbocycles. The minimum absolute atomic E-state index is 0.0352. The van der Waals surface area contributed by atoms with Gasteiger partial charge < -0.3 is 4.18 Å². The van der Waals surface area contributed by atoms with Gasteiger partial charge >= 0.3 is 10.1 Å². The summed E-state index contributed by atoms with van der Waals surface area (Å²) in [6.45, 7) is 3.55. The summed E-state index contributed by atoms with van der Waals surface area (Å²) in [4.78, 5) is 4.01. The molecule has 5 nitrogen and oxygen atoms in total. The molecule has 0 aromatic heterocycles. The van der Waals surface area contributed by atoms with E-state index in [9.17, 15) is 8.42 Å². The lowest BCUT2D eigenvalue weighted by Gasteiger charge is -2.12. The fourth-order valence-corrected chi connectivity index (χ4v) is 3.15. The SMILES string of the molecule is CCC(Cl)CS(=O)(=O)Oc1ccc(COO)cc1C. The van der Waals surface area contributed by atoms with Gasteiger partial charge in [0.15, 0.2) is 0 Å². The Hall–Kier alpha value is -0.820. The van der Waals surface area contributed by atoms with Crippen molar-refractivity contribution in [1.29, 1.82) is 0 Å². The van der Waals surface area contributed by atoms with Crippen molar-refractivity contribution in [3.63, 3.8) is 0 Å². The molecule has 108 valence electrons. The Morgan fingerprint density at radius 1 is 1.42 bits per heavy atom. The minimum atomic E-state index is -3.71. The summed E-state index contributed by atoms with van der Waals surface area (Å²) in [6.07, 6.45) is 0.551. The lowest BCUT2D eigenvalue weighted by atomic mass is 10.1. The first-order chi connectivity index (χ1) is 8.88. The van der Waals surface area contributed by atoms with E-state index in [4.69, 9.17) is 21.0 Å². The number of benzene rings is 1. The van der Waals surface area contributed by atoms with Crippen LogP contribution in [-0.2, 0) is 21.6 Å². The van der Waals surface area contributed by atoms with Crippen LogP contribution >= 0.6 is 11.6 Å². The molecule has 0 aliphatic heterocycles. The third-order valence-electron chi connectivity index (χ3n) is 2.52. The van der Waals surface area contributed by atoms with E-state index < -0.39 is 15.5 Å². The zero-order valence-electron chi connectivity index (χ0n) is 10.8. The Kier molecular flexibility index (Phi) is 6.06. The van der Waals surface area contributed by atoms with Crippen LogP contribution in [0, 0.1) is 6.92 Å². The molecule has 0 amide bonds. The maximum Gasteiger partial charge on any atom is 0.310 e. The van der Waals surface area contributed by atoms with Crippen LogP contribution in [0.25, 0.3) is 0 Å². The summed E-state index contributed by atoms with van der Waals surface area (Å²) in [5.74, 6) is 0.0214. The van der Waals surface area contributed by atoms with E-state index in [2.05, 4.69) is 4.89 Å². The Labute approximate surface area is 118 Å². The second-order valence-electron chi connectivity index (χ2n) is 4.19. The highest BCUT2D eigenvalue weighted by Gasteiger charge is 2.19. The van der Waals surface area contributed by atoms with Gasteiger partial charge in [0.1, 0.15) is 18.1 Å². The topological polar surface area (TPSA) is 72.8 Å². The van der Waals surface area contributed by atoms with Gasteiger partial charge in [-0.25, -0.2) is 4.89 Å². The van der Waals surface area contributed by atoms with Gasteiger partial charge in [0.2, 0.25) is 0 Å². The molecular weight excluding hydrogens is 292 g/mol. The van der Waals surface area contributed by atoms with E-state index in [0.717, 1.165) is 0 Å². The maximum absolute atomic E-state index is 11.8. The average molecular weight is 309 g/mol. The van der Waals surface area contributed by atoms with Crippen LogP contribution in [0.15, 0.2) is 18.2 Å². The highest BCUT2D eigenvalue weighted by molar-refractivity contribution is 7.87. The van der Waals surface area contributed by atoms with E-state index in [-0.39, 0.29) is 18.1 Å². The molecule has 7 heteroatoms. The molecule has 0 radical (unpaired) electrons. The number of hydrogen-bond donors (Lipinski definition) is 1. The molecule has 0 aliphatic rings. The van der Waals surface area contributed by atoms with Crippen LogP contribution in [0.4, 0.5) is 0 Å². The highest BCUT2D eigenvalue weighted by Crippen LogP contribution is 2.22. The van der Waals surface area contributed by atoms with Crippen molar-refractivity contribution in [2.24, 2.45) is 0 Å². The number of hydrogen-bond acceptors (Lipinski definition) is 5. The van der Waals surface area contributed by atoms with Crippen LogP contribution in [-0.4, -0.2) is 24.8 Å². The molecule has 0 bridgehead atoms. The van der Waals surface area contributed by atoms with E-state index in [1.165, 1.54) is 6.07 Å². The van der Waals surface area contributed by atoms with Crippen molar-refractivity contribution in [2.75, 3.05) is 5.75 Å². The Morgan fingerprint density at radius 3 is 2.63 bits per heavy atom. The van der Waals surface area contributed by atoms with Gasteiger partial charge in [0, 0.05) is 0 Å². The Morgan fingerprint density at radius 2 is 2.11 bits per heavy atom. The van der Waals surface area contributed by atoms with Crippen molar-refractivity contribution in [1.82, 2.24) is 0 Å². The second-order valence-corrected chi connectivity index (χ2v) is 6.42. The summed E-state index contributed by atoms with van der Waals surface area (Å²) < 4.78 is 28.5. The van der Waals surface area contributed by atoms with Crippen molar-refractivity contribution in [3.05, 3.63) is 29.3 Å². The fraction of sp³-hybridized carbons (Fsp3) is 0.500. The van der Waals surface area contributed by atoms with Gasteiger partial charge in [-0.2, -0.15) is 8.42 Å². The Balaban J connectivity index is 2.82. The molecule has 0 fully saturated rings. The molecule has 1 N–H and O–H groups in total. The normalized spacial score (nSPS) is 13.3. The van der Waals surface area contributed by atoms with Crippen molar-refractivity contribution >= 4 is 21.7 Å². The summed E-state index contributed by atoms with van der Waals surface area (Å²) >= 11 is 5.82. The summed E-state index contributed by atoms with van der Waals surface area (Å²) in [7, 11) is -3.71. The lowest BCUT2D eigenvalue weighted by Crippen LogP contribution is -2.21. The Bertz CT molecular complexity index is 515. The van der Waals surface area contributed by atoms with Gasteiger partial charge in [0.05, 0.1) is 5.38 Å². The number of aryl methyl sites for hydroxylation is 1. The van der Waals surface area contributed by atoms with E-state index in [1.807, 2.05) is 6.92 Å². The van der Waals surface area contributed by atoms with Gasteiger partial charge in [-0.05, 0) is 36.6 Å². The molecule has 1 unspecified atom stereocenters. The molecule has 1 aromatic rings. The first kappa shape index (κ1) is 16.2. The molecule has 0 heterocycles. The lowest BCUT2D eigenvalue weighted by molar-refractivity contribution is -0.253. The average Bonchev–Trinajstić information content (AvgIpc) is 2.32. The standard InChI is InChI=1S/C12H17ClO5S/c1-3-11(13)8-19(15,16)18-12-5-4-10(7-17-14)6-9(12)2/h4-6,11,14H,3,7-8H2,1-2H3. The van der Waals surface area contributed by atoms with Crippen LogP contribution in [0.2, 0.25) is 0 Å². The zero-order chi connectivity index (χ0) is 14.5. The first-order valence-electron chi connectivity index (χ1n) is 5.80. The van der Waals surface area contributed by atoms with E-state index in [1.54, 1.807) is 19.1 Å². The van der Waals surface area contributed by atoms with Crippen LogP contribution < -0.4 is 4.18 Å². The molecule has 1 rings (SSSR count). The molecule has 0 aliphatic carbocycles. The number of alkyl halides is 1. The molecular formula is C12H17ClO5S. The quantitative estimate of drug-likeness (QED) is 0.363. The van der Waals surface area contributed by atoms with Gasteiger partial charge in [-0.1, -0.05) is 13.0 Å². The molecule has 0 saturated heterocycles. The predicted octanol–water partition coefficient (Wildman–Crippen LogP) is 2.71. The summed E-state index contributed by atoms with van der Waals surface area (Å²) in [6, 6.07) is 4.82. The fourth-order valence-electron chi connectivity index (χ4n) is 1.48. The van der Waals surface area contributed by atoms with Gasteiger partial charge in [0.25, 0.3) is 0 Å². The van der Waals surface area contributed by atoms with E-state index >= 15 is 0 Å². The molecule has 19 heavy (non-hydrogen) atoms. The van der Waals surface area contributed by atoms with Crippen LogP contribution in [0.1, 0.15) is 24.5 Å². The third-order valence-corrected chi connectivity index (χ3v) is 4.41. The number of rotatable bonds is 7. The summed E-state index contributed by atoms with van der Waals surface area (Å²) in [5.41, 5.74) is 1.36. The third kappa shape index (κ3) is 5.36. The van der Waals surface area contributed by atoms with Crippen LogP contribution in [0.3, 0.4) is 0 Å². The minimum Gasteiger partial charge on any atom is -0.382 e. The first-order valence-corrected chi connectivity index (χ1v) is 7.81. The highest BCUT2D eigenvalue weighted by atomic mass is 35.5. The second kappa shape index (κ2) is 7.09. The van der Waals surface area contributed by atoms with Crippen molar-refractivity contribution in [3.8, 4) is 5.75 Å². The zero-order valence-corrected chi connectivity index (χ0v) is 12.4. The smallest absolute Gasteiger partial charge is 0.310 e. The maximum atomic E-state index is 11.8. The molecule has 0 saturated carbocycles. The van der Waals surface area contributed by atoms with Crippen LogP contribution in [0.5, 0.6) is 5.75 Å². The van der Waals surface area contributed by atoms with Crippen molar-refractivity contribution in [2.45, 2.75) is 32.3 Å². The monoisotopic (exact) mass is 308 g/mol. The van der Waals surface area contributed by atoms with Gasteiger partial charge in [-0.15, -0.1) is 11.6 Å². The molecule has 0 spiro atoms. The molecule has 1 atom stereocenters.